The summed E-state index contributed by atoms with van der Waals surface area (Å²) in [6.45, 7) is 1.17. The molecule has 8 nitrogen and oxygen atoms in total. The van der Waals surface area contributed by atoms with Crippen molar-refractivity contribution in [2.24, 2.45) is 5.73 Å². The summed E-state index contributed by atoms with van der Waals surface area (Å²) in [6, 6.07) is 18.9. The third kappa shape index (κ3) is 5.55. The summed E-state index contributed by atoms with van der Waals surface area (Å²) in [6.07, 6.45) is 3.87. The molecule has 1 heterocycles. The lowest BCUT2D eigenvalue weighted by molar-refractivity contribution is 0.142. The maximum atomic E-state index is 13.5. The summed E-state index contributed by atoms with van der Waals surface area (Å²) in [5, 5.41) is 10.6. The number of hydrogen-bond acceptors (Lipinski definition) is 4. The Kier molecular flexibility index (Phi) is 7.14. The maximum absolute atomic E-state index is 13.5. The monoisotopic (exact) mass is 479 g/mol. The van der Waals surface area contributed by atoms with Gasteiger partial charge in [-0.1, -0.05) is 61.4 Å². The first kappa shape index (κ1) is 23.7. The van der Waals surface area contributed by atoms with Gasteiger partial charge in [-0.15, -0.1) is 4.83 Å². The van der Waals surface area contributed by atoms with E-state index in [0.29, 0.717) is 24.2 Å². The van der Waals surface area contributed by atoms with Crippen LogP contribution in [0, 0.1) is 5.41 Å². The maximum Gasteiger partial charge on any atom is 0.335 e. The average molecular weight is 480 g/mol. The minimum atomic E-state index is -4.03. The molecule has 1 saturated heterocycles. The zero-order valence-corrected chi connectivity index (χ0v) is 19.7. The number of nitrogen functional groups attached to an aromatic ring is 1. The molecule has 0 spiro atoms. The minimum absolute atomic E-state index is 0.00324. The number of fused-ring (bicyclic) bond motifs is 1. The van der Waals surface area contributed by atoms with Crippen LogP contribution in [-0.4, -0.2) is 43.3 Å². The molecule has 0 aliphatic carbocycles. The van der Waals surface area contributed by atoms with Crippen LogP contribution < -0.4 is 10.6 Å². The van der Waals surface area contributed by atoms with E-state index in [0.717, 1.165) is 41.5 Å². The molecule has 0 aromatic heterocycles. The molecule has 0 bridgehead atoms. The average Bonchev–Trinajstić information content (AvgIpc) is 3.12. The van der Waals surface area contributed by atoms with Crippen LogP contribution in [0.4, 0.5) is 4.79 Å². The summed E-state index contributed by atoms with van der Waals surface area (Å²) >= 11 is 0. The fourth-order valence-corrected chi connectivity index (χ4v) is 5.19. The van der Waals surface area contributed by atoms with Crippen molar-refractivity contribution in [2.45, 2.75) is 37.1 Å². The standard InChI is InChI=1S/C25H29N5O3S/c26-24(27)22-11-7-8-19(16-22)18-30(25(31)29-14-5-1-2-6-15-29)28-34(32,33)23-13-12-20-9-3-4-10-21(20)17-23/h3-4,7-13,16-17,28H,1-2,5-6,14-15,18H2,(H3,26,27). The summed E-state index contributed by atoms with van der Waals surface area (Å²) in [5.74, 6) is -0.0935. The summed E-state index contributed by atoms with van der Waals surface area (Å²) < 4.78 is 26.7. The van der Waals surface area contributed by atoms with Crippen LogP contribution in [0.1, 0.15) is 36.8 Å². The smallest absolute Gasteiger partial charge is 0.335 e. The van der Waals surface area contributed by atoms with Crippen molar-refractivity contribution in [2.75, 3.05) is 13.1 Å². The van der Waals surface area contributed by atoms with E-state index < -0.39 is 10.0 Å². The third-order valence-electron chi connectivity index (χ3n) is 5.95. The van der Waals surface area contributed by atoms with Crippen molar-refractivity contribution in [3.05, 3.63) is 77.9 Å². The number of sulfonamides is 1. The highest BCUT2D eigenvalue weighted by molar-refractivity contribution is 7.89. The quantitative estimate of drug-likeness (QED) is 0.283. The van der Waals surface area contributed by atoms with Gasteiger partial charge in [0.05, 0.1) is 11.4 Å². The molecule has 0 unspecified atom stereocenters. The number of urea groups is 1. The van der Waals surface area contributed by atoms with Crippen molar-refractivity contribution in [3.8, 4) is 0 Å². The highest BCUT2D eigenvalue weighted by atomic mass is 32.2. The fourth-order valence-electron chi connectivity index (χ4n) is 4.12. The molecule has 2 amide bonds. The Bertz CT molecular complexity index is 1300. The normalized spacial score (nSPS) is 14.5. The second-order valence-electron chi connectivity index (χ2n) is 8.49. The molecule has 9 heteroatoms. The number of nitrogens with zero attached hydrogens (tertiary/aromatic N) is 2. The minimum Gasteiger partial charge on any atom is -0.384 e. The van der Waals surface area contributed by atoms with Gasteiger partial charge in [0.25, 0.3) is 10.0 Å². The molecule has 0 radical (unpaired) electrons. The number of benzene rings is 3. The van der Waals surface area contributed by atoms with Crippen molar-refractivity contribution < 1.29 is 13.2 Å². The van der Waals surface area contributed by atoms with Gasteiger partial charge in [0.1, 0.15) is 5.84 Å². The van der Waals surface area contributed by atoms with Crippen LogP contribution in [-0.2, 0) is 16.6 Å². The number of rotatable bonds is 6. The molecule has 3 aromatic carbocycles. The van der Waals surface area contributed by atoms with Gasteiger partial charge in [0, 0.05) is 18.7 Å². The van der Waals surface area contributed by atoms with E-state index in [-0.39, 0.29) is 23.3 Å². The first-order valence-electron chi connectivity index (χ1n) is 11.3. The van der Waals surface area contributed by atoms with Crippen LogP contribution in [0.5, 0.6) is 0 Å². The van der Waals surface area contributed by atoms with Crippen LogP contribution >= 0.6 is 0 Å². The number of likely N-dealkylation sites (tertiary alicyclic amines) is 1. The second-order valence-corrected chi connectivity index (χ2v) is 10.1. The molecule has 4 N–H and O–H groups in total. The highest BCUT2D eigenvalue weighted by Gasteiger charge is 2.27. The van der Waals surface area contributed by atoms with Crippen LogP contribution in [0.2, 0.25) is 0 Å². The molecule has 178 valence electrons. The van der Waals surface area contributed by atoms with Crippen LogP contribution in [0.15, 0.2) is 71.6 Å². The highest BCUT2D eigenvalue weighted by Crippen LogP contribution is 2.20. The Morgan fingerprint density at radius 2 is 1.65 bits per heavy atom. The Balaban J connectivity index is 1.65. The number of carbonyl (C=O) groups is 1. The Labute approximate surface area is 199 Å². The molecule has 1 aliphatic heterocycles. The van der Waals surface area contributed by atoms with E-state index in [1.807, 2.05) is 24.3 Å². The first-order chi connectivity index (χ1) is 16.3. The van der Waals surface area contributed by atoms with Gasteiger partial charge in [-0.3, -0.25) is 5.41 Å². The van der Waals surface area contributed by atoms with E-state index in [2.05, 4.69) is 4.83 Å². The SMILES string of the molecule is N=C(N)c1cccc(CN(NS(=O)(=O)c2ccc3ccccc3c2)C(=O)N2CCCCCC2)c1. The van der Waals surface area contributed by atoms with E-state index in [1.165, 1.54) is 6.07 Å². The molecule has 34 heavy (non-hydrogen) atoms. The number of hydrogen-bond donors (Lipinski definition) is 3. The van der Waals surface area contributed by atoms with Gasteiger partial charge >= 0.3 is 6.03 Å². The van der Waals surface area contributed by atoms with E-state index in [1.54, 1.807) is 41.3 Å². The number of carbonyl (C=O) groups excluding carboxylic acids is 1. The summed E-state index contributed by atoms with van der Waals surface area (Å²) in [7, 11) is -4.03. The van der Waals surface area contributed by atoms with Gasteiger partial charge in [-0.05, 0) is 47.4 Å². The zero-order valence-electron chi connectivity index (χ0n) is 18.9. The molecule has 1 aliphatic rings. The number of amides is 2. The zero-order chi connectivity index (χ0) is 24.1. The molecular formula is C25H29N5O3S. The fraction of sp³-hybridized carbons (Fsp3) is 0.280. The predicted molar refractivity (Wildman–Crippen MR) is 133 cm³/mol. The number of nitrogens with one attached hydrogen (secondary N) is 2. The number of nitrogens with two attached hydrogens (primary N) is 1. The van der Waals surface area contributed by atoms with Crippen LogP contribution in [0.25, 0.3) is 10.8 Å². The van der Waals surface area contributed by atoms with Crippen molar-refractivity contribution in [1.29, 1.82) is 5.41 Å². The van der Waals surface area contributed by atoms with Gasteiger partial charge in [0.15, 0.2) is 0 Å². The Morgan fingerprint density at radius 3 is 2.35 bits per heavy atom. The molecule has 1 fully saturated rings. The van der Waals surface area contributed by atoms with Crippen molar-refractivity contribution in [1.82, 2.24) is 14.7 Å². The lowest BCUT2D eigenvalue weighted by atomic mass is 10.1. The molecule has 0 atom stereocenters. The lowest BCUT2D eigenvalue weighted by Gasteiger charge is -2.30. The molecule has 3 aromatic rings. The van der Waals surface area contributed by atoms with Crippen molar-refractivity contribution >= 4 is 32.7 Å². The number of amidine groups is 1. The van der Waals surface area contributed by atoms with Gasteiger partial charge in [-0.2, -0.15) is 0 Å². The van der Waals surface area contributed by atoms with Crippen LogP contribution in [0.3, 0.4) is 0 Å². The largest absolute Gasteiger partial charge is 0.384 e. The van der Waals surface area contributed by atoms with Gasteiger partial charge in [0.2, 0.25) is 0 Å². The molecular weight excluding hydrogens is 450 g/mol. The third-order valence-corrected chi connectivity index (χ3v) is 7.28. The lowest BCUT2D eigenvalue weighted by Crippen LogP contribution is -2.51. The predicted octanol–water partition coefficient (Wildman–Crippen LogP) is 3.82. The molecule has 4 rings (SSSR count). The topological polar surface area (TPSA) is 120 Å². The Hall–Kier alpha value is -3.43. The van der Waals surface area contributed by atoms with E-state index in [4.69, 9.17) is 11.1 Å². The Morgan fingerprint density at radius 1 is 0.941 bits per heavy atom. The first-order valence-corrected chi connectivity index (χ1v) is 12.8. The number of hydrazine groups is 1. The second kappa shape index (κ2) is 10.2. The molecule has 0 saturated carbocycles. The van der Waals surface area contributed by atoms with E-state index >= 15 is 0 Å². The summed E-state index contributed by atoms with van der Waals surface area (Å²) in [5.41, 5.74) is 6.79. The van der Waals surface area contributed by atoms with Gasteiger partial charge < -0.3 is 10.6 Å². The van der Waals surface area contributed by atoms with Crippen molar-refractivity contribution in [3.63, 3.8) is 0 Å². The van der Waals surface area contributed by atoms with Gasteiger partial charge in [-0.25, -0.2) is 18.2 Å². The van der Waals surface area contributed by atoms with E-state index in [9.17, 15) is 13.2 Å². The summed E-state index contributed by atoms with van der Waals surface area (Å²) in [4.78, 5) is 17.8.